The van der Waals surface area contributed by atoms with Gasteiger partial charge >= 0.3 is 0 Å². The van der Waals surface area contributed by atoms with Crippen molar-refractivity contribution in [3.63, 3.8) is 0 Å². The van der Waals surface area contributed by atoms with Gasteiger partial charge in [0.1, 0.15) is 35.4 Å². The van der Waals surface area contributed by atoms with Crippen molar-refractivity contribution in [3.05, 3.63) is 76.2 Å². The first-order valence-electron chi connectivity index (χ1n) is 13.1. The van der Waals surface area contributed by atoms with E-state index in [1.807, 2.05) is 23.1 Å². The van der Waals surface area contributed by atoms with Crippen LogP contribution in [-0.2, 0) is 24.4 Å². The fourth-order valence-electron chi connectivity index (χ4n) is 4.95. The number of nitrogens with zero attached hydrogens (tertiary/aromatic N) is 3. The highest BCUT2D eigenvalue weighted by molar-refractivity contribution is 6.03. The van der Waals surface area contributed by atoms with Gasteiger partial charge in [-0.15, -0.1) is 0 Å². The van der Waals surface area contributed by atoms with Gasteiger partial charge in [0, 0.05) is 45.8 Å². The van der Waals surface area contributed by atoms with Crippen molar-refractivity contribution in [3.8, 4) is 17.2 Å². The van der Waals surface area contributed by atoms with E-state index in [1.54, 1.807) is 31.0 Å². The highest BCUT2D eigenvalue weighted by Gasteiger charge is 2.29. The molecule has 0 atom stereocenters. The monoisotopic (exact) mass is 548 g/mol. The van der Waals surface area contributed by atoms with Gasteiger partial charge in [-0.3, -0.25) is 19.3 Å². The highest BCUT2D eigenvalue weighted by Crippen LogP contribution is 2.33. The fraction of sp³-hybridized carbons (Fsp3) is 0.345. The quantitative estimate of drug-likeness (QED) is 0.390. The van der Waals surface area contributed by atoms with Crippen molar-refractivity contribution < 1.29 is 33.8 Å². The molecule has 210 valence electrons. The maximum atomic E-state index is 13.4. The van der Waals surface area contributed by atoms with E-state index < -0.39 is 23.3 Å². The smallest absolute Gasteiger partial charge is 0.258 e. The molecule has 3 N–H and O–H groups in total. The molecule has 0 spiro atoms. The van der Waals surface area contributed by atoms with E-state index in [0.29, 0.717) is 50.8 Å². The summed E-state index contributed by atoms with van der Waals surface area (Å²) in [4.78, 5) is 43.0. The van der Waals surface area contributed by atoms with Crippen LogP contribution in [0.2, 0.25) is 0 Å². The lowest BCUT2D eigenvalue weighted by molar-refractivity contribution is -0.124. The summed E-state index contributed by atoms with van der Waals surface area (Å²) >= 11 is 0. The third-order valence-corrected chi connectivity index (χ3v) is 7.09. The van der Waals surface area contributed by atoms with E-state index in [9.17, 15) is 24.6 Å². The van der Waals surface area contributed by atoms with Crippen LogP contribution in [0.3, 0.4) is 0 Å². The molecule has 1 aromatic heterocycles. The predicted molar refractivity (Wildman–Crippen MR) is 144 cm³/mol. The second-order valence-corrected chi connectivity index (χ2v) is 10.1. The summed E-state index contributed by atoms with van der Waals surface area (Å²) in [5.74, 6) is 0.183. The van der Waals surface area contributed by atoms with E-state index >= 15 is 0 Å². The van der Waals surface area contributed by atoms with Crippen LogP contribution in [-0.4, -0.2) is 82.5 Å². The molecular formula is C29H32N4O7. The average molecular weight is 549 g/mol. The van der Waals surface area contributed by atoms with E-state index in [2.05, 4.69) is 5.32 Å². The number of ether oxygens (including phenoxy) is 1. The van der Waals surface area contributed by atoms with Crippen molar-refractivity contribution >= 4 is 17.7 Å². The van der Waals surface area contributed by atoms with Crippen LogP contribution in [0.25, 0.3) is 0 Å². The number of furan rings is 1. The number of hydrogen-bond acceptors (Lipinski definition) is 8. The second kappa shape index (κ2) is 11.3. The Morgan fingerprint density at radius 3 is 2.55 bits per heavy atom. The average Bonchev–Trinajstić information content (AvgIpc) is 3.53. The maximum absolute atomic E-state index is 13.4. The first-order chi connectivity index (χ1) is 19.2. The van der Waals surface area contributed by atoms with Gasteiger partial charge in [0.25, 0.3) is 11.8 Å². The number of fused-ring (bicyclic) bond motifs is 1. The summed E-state index contributed by atoms with van der Waals surface area (Å²) in [5.41, 5.74) is 1.71. The molecule has 5 rings (SSSR count). The Kier molecular flexibility index (Phi) is 7.65. The van der Waals surface area contributed by atoms with Crippen LogP contribution >= 0.6 is 0 Å². The van der Waals surface area contributed by atoms with Gasteiger partial charge in [0.15, 0.2) is 0 Å². The summed E-state index contributed by atoms with van der Waals surface area (Å²) in [7, 11) is 1.56. The number of phenols is 2. The molecule has 0 aliphatic carbocycles. The molecule has 0 bridgehead atoms. The minimum absolute atomic E-state index is 0.0145. The van der Waals surface area contributed by atoms with Gasteiger partial charge < -0.3 is 34.5 Å². The number of nitrogens with one attached hydrogen (secondary N) is 1. The van der Waals surface area contributed by atoms with Gasteiger partial charge in [-0.1, -0.05) is 6.07 Å². The first kappa shape index (κ1) is 27.1. The van der Waals surface area contributed by atoms with Crippen LogP contribution in [0.1, 0.15) is 43.4 Å². The van der Waals surface area contributed by atoms with Crippen molar-refractivity contribution in [1.29, 1.82) is 0 Å². The molecule has 1 saturated heterocycles. The summed E-state index contributed by atoms with van der Waals surface area (Å²) in [6.45, 7) is 5.46. The van der Waals surface area contributed by atoms with Crippen LogP contribution in [0.5, 0.6) is 17.2 Å². The third kappa shape index (κ3) is 5.89. The van der Waals surface area contributed by atoms with E-state index in [4.69, 9.17) is 9.15 Å². The second-order valence-electron chi connectivity index (χ2n) is 10.1. The number of amides is 3. The van der Waals surface area contributed by atoms with Gasteiger partial charge in [0.05, 0.1) is 24.2 Å². The molecule has 11 heteroatoms. The van der Waals surface area contributed by atoms with E-state index in [0.717, 1.165) is 29.5 Å². The molecule has 11 nitrogen and oxygen atoms in total. The van der Waals surface area contributed by atoms with Crippen LogP contribution in [0.15, 0.2) is 46.9 Å². The molecule has 3 aromatic rings. The highest BCUT2D eigenvalue weighted by atomic mass is 16.5. The minimum atomic E-state index is -0.516. The Balaban J connectivity index is 1.24. The van der Waals surface area contributed by atoms with Gasteiger partial charge in [-0.25, -0.2) is 0 Å². The lowest BCUT2D eigenvalue weighted by Crippen LogP contribution is -2.48. The number of hydrogen-bond donors (Lipinski definition) is 3. The number of piperazine rings is 1. The largest absolute Gasteiger partial charge is 0.507 e. The Morgan fingerprint density at radius 1 is 1.02 bits per heavy atom. The van der Waals surface area contributed by atoms with Gasteiger partial charge in [-0.2, -0.15) is 0 Å². The van der Waals surface area contributed by atoms with Crippen LogP contribution in [0, 0.1) is 6.92 Å². The van der Waals surface area contributed by atoms with E-state index in [-0.39, 0.29) is 23.6 Å². The molecule has 0 radical (unpaired) electrons. The summed E-state index contributed by atoms with van der Waals surface area (Å²) in [6.07, 6.45) is 0. The number of aromatic hydroxyl groups is 2. The van der Waals surface area contributed by atoms with Crippen molar-refractivity contribution in [2.45, 2.75) is 26.6 Å². The Morgan fingerprint density at radius 2 is 1.80 bits per heavy atom. The van der Waals surface area contributed by atoms with Crippen LogP contribution < -0.4 is 10.1 Å². The number of rotatable bonds is 8. The molecule has 3 amide bonds. The maximum Gasteiger partial charge on any atom is 0.258 e. The lowest BCUT2D eigenvalue weighted by Gasteiger charge is -2.26. The molecule has 2 aromatic carbocycles. The number of benzene rings is 2. The van der Waals surface area contributed by atoms with Crippen LogP contribution in [0.4, 0.5) is 0 Å². The molecule has 1 fully saturated rings. The Hall–Kier alpha value is -4.51. The van der Waals surface area contributed by atoms with Gasteiger partial charge in [0.2, 0.25) is 5.91 Å². The molecule has 0 unspecified atom stereocenters. The normalized spacial score (nSPS) is 15.1. The summed E-state index contributed by atoms with van der Waals surface area (Å²) in [6, 6.07) is 11.5. The standard InChI is InChI=1S/C29H32N4O7/c1-18-3-5-22(40-18)16-31(2)28(37)23-12-24(26(35)13-25(23)34)29(38)33-14-19-4-6-21(11-20(19)15-33)39-10-9-32-8-7-30-27(36)17-32/h3-6,11-13,34-35H,7-10,14-17H2,1-2H3,(H,30,36). The predicted octanol–water partition coefficient (Wildman–Crippen LogP) is 2.24. The number of carbonyl (C=O) groups excluding carboxylic acids is 3. The lowest BCUT2D eigenvalue weighted by atomic mass is 10.1. The summed E-state index contributed by atoms with van der Waals surface area (Å²) < 4.78 is 11.4. The topological polar surface area (TPSA) is 136 Å². The van der Waals surface area contributed by atoms with Crippen molar-refractivity contribution in [2.75, 3.05) is 39.8 Å². The fourth-order valence-corrected chi connectivity index (χ4v) is 4.95. The number of carbonyl (C=O) groups is 3. The third-order valence-electron chi connectivity index (χ3n) is 7.09. The Labute approximate surface area is 231 Å². The molecule has 2 aliphatic heterocycles. The number of phenolic OH excluding ortho intramolecular Hbond substituents is 2. The molecule has 40 heavy (non-hydrogen) atoms. The van der Waals surface area contributed by atoms with E-state index in [1.165, 1.54) is 11.0 Å². The zero-order valence-electron chi connectivity index (χ0n) is 22.5. The summed E-state index contributed by atoms with van der Waals surface area (Å²) in [5, 5.41) is 23.7. The molecule has 2 aliphatic rings. The molecular weight excluding hydrogens is 516 g/mol. The molecule has 0 saturated carbocycles. The van der Waals surface area contributed by atoms with Crippen molar-refractivity contribution in [2.24, 2.45) is 0 Å². The zero-order chi connectivity index (χ0) is 28.4. The minimum Gasteiger partial charge on any atom is -0.507 e. The SMILES string of the molecule is Cc1ccc(CN(C)C(=O)c2cc(C(=O)N3Cc4ccc(OCCN5CCNC(=O)C5)cc4C3)c(O)cc2O)o1. The number of aryl methyl sites for hydroxylation is 1. The van der Waals surface area contributed by atoms with Gasteiger partial charge in [-0.05, 0) is 48.4 Å². The Bertz CT molecular complexity index is 1450. The zero-order valence-corrected chi connectivity index (χ0v) is 22.5. The molecule has 3 heterocycles. The first-order valence-corrected chi connectivity index (χ1v) is 13.1. The van der Waals surface area contributed by atoms with Crippen molar-refractivity contribution in [1.82, 2.24) is 20.0 Å².